The van der Waals surface area contributed by atoms with Gasteiger partial charge in [-0.3, -0.25) is 0 Å². The first-order chi connectivity index (χ1) is 3.97. The van der Waals surface area contributed by atoms with E-state index >= 15 is 0 Å². The van der Waals surface area contributed by atoms with Gasteiger partial charge in [-0.25, -0.2) is 0 Å². The van der Waals surface area contributed by atoms with Crippen LogP contribution in [-0.4, -0.2) is 4.57 Å². The summed E-state index contributed by atoms with van der Waals surface area (Å²) in [4.78, 5) is 0. The van der Waals surface area contributed by atoms with E-state index in [-0.39, 0.29) is 0 Å². The van der Waals surface area contributed by atoms with Crippen molar-refractivity contribution >= 4 is 6.20 Å². The Hall–Kier alpha value is -0.980. The zero-order valence-electron chi connectivity index (χ0n) is 4.46. The van der Waals surface area contributed by atoms with Gasteiger partial charge in [0, 0.05) is 30.6 Å². The molecule has 1 heteroatoms. The van der Waals surface area contributed by atoms with Gasteiger partial charge in [0.15, 0.2) is 0 Å². The Morgan fingerprint density at radius 2 is 2.62 bits per heavy atom. The molecule has 0 spiro atoms. The minimum atomic E-state index is 1.07. The minimum absolute atomic E-state index is 1.07. The minimum Gasteiger partial charge on any atom is -0.327 e. The summed E-state index contributed by atoms with van der Waals surface area (Å²) in [5, 5.41) is 0. The fourth-order valence-corrected chi connectivity index (χ4v) is 0.961. The lowest BCUT2D eigenvalue weighted by Crippen LogP contribution is -1.81. The van der Waals surface area contributed by atoms with Crippen LogP contribution in [0.4, 0.5) is 0 Å². The van der Waals surface area contributed by atoms with Crippen molar-refractivity contribution in [3.8, 4) is 0 Å². The van der Waals surface area contributed by atoms with Gasteiger partial charge in [0.1, 0.15) is 0 Å². The van der Waals surface area contributed by atoms with E-state index in [1.807, 2.05) is 12.3 Å². The van der Waals surface area contributed by atoms with Crippen molar-refractivity contribution in [3.05, 3.63) is 30.1 Å². The van der Waals surface area contributed by atoms with Crippen LogP contribution in [0.15, 0.2) is 18.3 Å². The normalized spacial score (nSPS) is 14.5. The molecule has 0 unspecified atom stereocenters. The zero-order valence-corrected chi connectivity index (χ0v) is 4.46. The van der Waals surface area contributed by atoms with Crippen LogP contribution in [0.1, 0.15) is 5.69 Å². The average molecular weight is 104 g/mol. The quantitative estimate of drug-likeness (QED) is 0.467. The predicted octanol–water partition coefficient (Wildman–Crippen LogP) is 1.32. The van der Waals surface area contributed by atoms with E-state index in [2.05, 4.69) is 22.9 Å². The number of fused-ring (bicyclic) bond motifs is 1. The Balaban J connectivity index is 2.67. The third-order valence-corrected chi connectivity index (χ3v) is 1.39. The topological polar surface area (TPSA) is 4.93 Å². The summed E-state index contributed by atoms with van der Waals surface area (Å²) in [5.74, 6) is 0. The van der Waals surface area contributed by atoms with E-state index in [9.17, 15) is 0 Å². The summed E-state index contributed by atoms with van der Waals surface area (Å²) in [6.07, 6.45) is 7.22. The molecule has 0 aromatic carbocycles. The second-order valence-corrected chi connectivity index (χ2v) is 1.93. The largest absolute Gasteiger partial charge is 0.327 e. The van der Waals surface area contributed by atoms with E-state index in [0.29, 0.717) is 0 Å². The lowest BCUT2D eigenvalue weighted by molar-refractivity contribution is 1.09. The van der Waals surface area contributed by atoms with E-state index in [0.717, 1.165) is 6.42 Å². The molecule has 8 heavy (non-hydrogen) atoms. The molecule has 1 aromatic rings. The van der Waals surface area contributed by atoms with Crippen molar-refractivity contribution in [3.63, 3.8) is 0 Å². The van der Waals surface area contributed by atoms with Crippen LogP contribution in [0, 0.1) is 6.07 Å². The Morgan fingerprint density at radius 3 is 3.50 bits per heavy atom. The van der Waals surface area contributed by atoms with Gasteiger partial charge in [-0.15, -0.1) is 0 Å². The SMILES string of the molecule is [c]1cc2n(c1)C=CC2. The van der Waals surface area contributed by atoms with Gasteiger partial charge in [0.25, 0.3) is 0 Å². The number of hydrogen-bond donors (Lipinski definition) is 0. The average Bonchev–Trinajstić information content (AvgIpc) is 2.15. The molecule has 39 valence electrons. The van der Waals surface area contributed by atoms with Crippen LogP contribution in [-0.2, 0) is 6.42 Å². The number of rotatable bonds is 0. The maximum absolute atomic E-state index is 3.01. The first-order valence-corrected chi connectivity index (χ1v) is 2.70. The summed E-state index contributed by atoms with van der Waals surface area (Å²) in [6, 6.07) is 5.03. The third-order valence-electron chi connectivity index (χ3n) is 1.39. The molecule has 1 nitrogen and oxygen atoms in total. The monoisotopic (exact) mass is 104 g/mol. The Morgan fingerprint density at radius 1 is 1.62 bits per heavy atom. The smallest absolute Gasteiger partial charge is 0.0265 e. The molecule has 1 aromatic heterocycles. The van der Waals surface area contributed by atoms with Gasteiger partial charge in [-0.2, -0.15) is 0 Å². The number of hydrogen-bond acceptors (Lipinski definition) is 0. The highest BCUT2D eigenvalue weighted by molar-refractivity contribution is 5.35. The van der Waals surface area contributed by atoms with Gasteiger partial charge in [0.05, 0.1) is 0 Å². The lowest BCUT2D eigenvalue weighted by Gasteiger charge is -1.88. The number of nitrogens with zero attached hydrogens (tertiary/aromatic N) is 1. The summed E-state index contributed by atoms with van der Waals surface area (Å²) >= 11 is 0. The fraction of sp³-hybridized carbons (Fsp3) is 0.143. The van der Waals surface area contributed by atoms with Crippen molar-refractivity contribution in [1.82, 2.24) is 4.57 Å². The summed E-state index contributed by atoms with van der Waals surface area (Å²) in [5.41, 5.74) is 1.34. The van der Waals surface area contributed by atoms with Gasteiger partial charge >= 0.3 is 0 Å². The number of aromatic nitrogens is 1. The van der Waals surface area contributed by atoms with Crippen LogP contribution in [0.2, 0.25) is 0 Å². The van der Waals surface area contributed by atoms with Crippen LogP contribution < -0.4 is 0 Å². The molecule has 0 saturated carbocycles. The molecule has 2 heterocycles. The van der Waals surface area contributed by atoms with Crippen molar-refractivity contribution in [1.29, 1.82) is 0 Å². The van der Waals surface area contributed by atoms with Crippen molar-refractivity contribution in [2.45, 2.75) is 6.42 Å². The number of allylic oxidation sites excluding steroid dienone is 1. The highest BCUT2D eigenvalue weighted by Gasteiger charge is 1.99. The third kappa shape index (κ3) is 0.360. The summed E-state index contributed by atoms with van der Waals surface area (Å²) in [6.45, 7) is 0. The van der Waals surface area contributed by atoms with E-state index < -0.39 is 0 Å². The van der Waals surface area contributed by atoms with Crippen molar-refractivity contribution in [2.75, 3.05) is 0 Å². The first kappa shape index (κ1) is 3.96. The molecule has 2 rings (SSSR count). The van der Waals surface area contributed by atoms with E-state index in [1.54, 1.807) is 0 Å². The second kappa shape index (κ2) is 1.25. The maximum atomic E-state index is 3.01. The molecule has 0 fully saturated rings. The molecule has 0 aliphatic carbocycles. The second-order valence-electron chi connectivity index (χ2n) is 1.93. The Kier molecular flexibility index (Phi) is 0.618. The molecule has 1 aliphatic heterocycles. The molecular formula is C7H6N. The molecule has 0 bridgehead atoms. The van der Waals surface area contributed by atoms with Gasteiger partial charge < -0.3 is 4.57 Å². The van der Waals surface area contributed by atoms with Crippen molar-refractivity contribution < 1.29 is 0 Å². The molecule has 0 atom stereocenters. The van der Waals surface area contributed by atoms with Crippen molar-refractivity contribution in [2.24, 2.45) is 0 Å². The zero-order chi connectivity index (χ0) is 5.40. The molecule has 0 N–H and O–H groups in total. The van der Waals surface area contributed by atoms with Crippen LogP contribution in [0.5, 0.6) is 0 Å². The molecule has 0 saturated heterocycles. The van der Waals surface area contributed by atoms with E-state index in [4.69, 9.17) is 0 Å². The highest BCUT2D eigenvalue weighted by atomic mass is 15.0. The molecule has 1 aliphatic rings. The van der Waals surface area contributed by atoms with Crippen LogP contribution in [0.25, 0.3) is 6.20 Å². The van der Waals surface area contributed by atoms with Crippen LogP contribution in [0.3, 0.4) is 0 Å². The maximum Gasteiger partial charge on any atom is 0.0265 e. The lowest BCUT2D eigenvalue weighted by atomic mass is 10.3. The Bertz CT molecular complexity index is 220. The summed E-state index contributed by atoms with van der Waals surface area (Å²) < 4.78 is 2.08. The van der Waals surface area contributed by atoms with Gasteiger partial charge in [-0.1, -0.05) is 6.08 Å². The standard InChI is InChI=1S/C7H6N/c1-3-7-4-2-6-8(7)5-1/h1,4-6H,3H2. The van der Waals surface area contributed by atoms with E-state index in [1.165, 1.54) is 5.69 Å². The highest BCUT2D eigenvalue weighted by Crippen LogP contribution is 2.09. The van der Waals surface area contributed by atoms with Gasteiger partial charge in [0.2, 0.25) is 0 Å². The molecular weight excluding hydrogens is 98.1 g/mol. The predicted molar refractivity (Wildman–Crippen MR) is 32.3 cm³/mol. The molecule has 1 radical (unpaired) electrons. The van der Waals surface area contributed by atoms with Crippen LogP contribution >= 0.6 is 0 Å². The summed E-state index contributed by atoms with van der Waals surface area (Å²) in [7, 11) is 0. The molecule has 0 amide bonds. The Labute approximate surface area is 48.2 Å². The van der Waals surface area contributed by atoms with Gasteiger partial charge in [-0.05, 0) is 6.07 Å². The fourth-order valence-electron chi connectivity index (χ4n) is 0.961. The first-order valence-electron chi connectivity index (χ1n) is 2.70.